The fourth-order valence-electron chi connectivity index (χ4n) is 3.63. The molecule has 0 atom stereocenters. The number of halogens is 1. The van der Waals surface area contributed by atoms with Gasteiger partial charge in [0, 0.05) is 25.1 Å². The first-order chi connectivity index (χ1) is 15.4. The van der Waals surface area contributed by atoms with Crippen molar-refractivity contribution >= 4 is 11.6 Å². The highest BCUT2D eigenvalue weighted by atomic mass is 19.1. The van der Waals surface area contributed by atoms with Gasteiger partial charge in [0.25, 0.3) is 0 Å². The molecule has 0 radical (unpaired) electrons. The lowest BCUT2D eigenvalue weighted by Gasteiger charge is -2.25. The van der Waals surface area contributed by atoms with Crippen molar-refractivity contribution in [2.24, 2.45) is 0 Å². The Labute approximate surface area is 188 Å². The molecule has 32 heavy (non-hydrogen) atoms. The summed E-state index contributed by atoms with van der Waals surface area (Å²) in [6.07, 6.45) is 2.35. The van der Waals surface area contributed by atoms with Gasteiger partial charge in [-0.15, -0.1) is 0 Å². The maximum Gasteiger partial charge on any atom is 0.224 e. The van der Waals surface area contributed by atoms with Crippen molar-refractivity contribution in [2.45, 2.75) is 33.7 Å². The van der Waals surface area contributed by atoms with Crippen LogP contribution in [0.3, 0.4) is 0 Å². The van der Waals surface area contributed by atoms with Gasteiger partial charge in [-0.05, 0) is 60.9 Å². The van der Waals surface area contributed by atoms with E-state index in [1.54, 1.807) is 30.3 Å². The number of aromatic nitrogens is 1. The highest BCUT2D eigenvalue weighted by Gasteiger charge is 2.20. The van der Waals surface area contributed by atoms with Gasteiger partial charge in [-0.1, -0.05) is 18.2 Å². The number of benzene rings is 2. The number of hydrogen-bond donors (Lipinski definition) is 0. The molecule has 0 aliphatic carbocycles. The summed E-state index contributed by atoms with van der Waals surface area (Å²) in [5.74, 6) is 1.03. The van der Waals surface area contributed by atoms with Crippen LogP contribution in [0, 0.1) is 13.8 Å². The maximum absolute atomic E-state index is 12.7. The van der Waals surface area contributed by atoms with Crippen LogP contribution < -0.4 is 14.4 Å². The first-order valence-corrected chi connectivity index (χ1v) is 10.6. The Morgan fingerprint density at radius 2 is 1.91 bits per heavy atom. The van der Waals surface area contributed by atoms with Crippen molar-refractivity contribution in [1.82, 2.24) is 4.98 Å². The largest absolute Gasteiger partial charge is 0.497 e. The zero-order chi connectivity index (χ0) is 23.1. The summed E-state index contributed by atoms with van der Waals surface area (Å²) in [7, 11) is 1.58. The highest BCUT2D eigenvalue weighted by molar-refractivity contribution is 5.92. The Kier molecular flexibility index (Phi) is 7.82. The van der Waals surface area contributed by atoms with E-state index >= 15 is 0 Å². The van der Waals surface area contributed by atoms with Crippen LogP contribution in [0.1, 0.15) is 34.9 Å². The number of methoxy groups -OCH3 is 1. The molecule has 2 aromatic carbocycles. The van der Waals surface area contributed by atoms with Crippen molar-refractivity contribution in [3.05, 3.63) is 82.7 Å². The molecule has 1 heterocycles. The fourth-order valence-corrected chi connectivity index (χ4v) is 3.63. The van der Waals surface area contributed by atoms with E-state index in [1.165, 1.54) is 23.6 Å². The number of carbonyl (C=O) groups excluding carboxylic acids is 1. The van der Waals surface area contributed by atoms with Gasteiger partial charge in [0.15, 0.2) is 0 Å². The van der Waals surface area contributed by atoms with Gasteiger partial charge in [-0.25, -0.2) is 4.39 Å². The summed E-state index contributed by atoms with van der Waals surface area (Å²) in [6, 6.07) is 15.2. The molecule has 168 valence electrons. The number of amides is 1. The van der Waals surface area contributed by atoms with Gasteiger partial charge < -0.3 is 14.4 Å². The van der Waals surface area contributed by atoms with Gasteiger partial charge in [0.05, 0.1) is 25.0 Å². The summed E-state index contributed by atoms with van der Waals surface area (Å²) < 4.78 is 23.6. The zero-order valence-corrected chi connectivity index (χ0v) is 19.0. The number of nitrogens with zero attached hydrogens (tertiary/aromatic N) is 2. The molecule has 0 saturated carbocycles. The molecule has 0 aliphatic rings. The average molecular weight is 437 g/mol. The van der Waals surface area contributed by atoms with E-state index in [0.29, 0.717) is 17.9 Å². The van der Waals surface area contributed by atoms with E-state index in [2.05, 4.69) is 31.0 Å². The second-order valence-corrected chi connectivity index (χ2v) is 7.62. The predicted octanol–water partition coefficient (Wildman–Crippen LogP) is 5.20. The third-order valence-electron chi connectivity index (χ3n) is 5.54. The average Bonchev–Trinajstić information content (AvgIpc) is 2.79. The first-order valence-electron chi connectivity index (χ1n) is 10.6. The van der Waals surface area contributed by atoms with Crippen LogP contribution in [0.5, 0.6) is 11.5 Å². The number of anilines is 1. The molecule has 5 nitrogen and oxygen atoms in total. The Morgan fingerprint density at radius 3 is 2.62 bits per heavy atom. The summed E-state index contributed by atoms with van der Waals surface area (Å²) in [6.45, 7) is 5.31. The summed E-state index contributed by atoms with van der Waals surface area (Å²) >= 11 is 0. The number of carbonyl (C=O) groups is 1. The quantitative estimate of drug-likeness (QED) is 0.463. The topological polar surface area (TPSA) is 51.7 Å². The number of ether oxygens (including phenoxy) is 2. The molecule has 0 saturated heterocycles. The fraction of sp³-hybridized carbons (Fsp3) is 0.308. The van der Waals surface area contributed by atoms with E-state index in [0.717, 1.165) is 16.9 Å². The van der Waals surface area contributed by atoms with Crippen LogP contribution in [0.25, 0.3) is 0 Å². The third kappa shape index (κ3) is 5.44. The minimum atomic E-state index is -0.593. The van der Waals surface area contributed by atoms with E-state index in [-0.39, 0.29) is 19.1 Å². The summed E-state index contributed by atoms with van der Waals surface area (Å²) in [4.78, 5) is 19.0. The van der Waals surface area contributed by atoms with Crippen LogP contribution in [0.2, 0.25) is 0 Å². The molecule has 0 spiro atoms. The molecule has 6 heteroatoms. The van der Waals surface area contributed by atoms with Crippen LogP contribution in [-0.4, -0.2) is 31.3 Å². The lowest BCUT2D eigenvalue weighted by molar-refractivity contribution is -0.116. The predicted molar refractivity (Wildman–Crippen MR) is 124 cm³/mol. The molecule has 0 bridgehead atoms. The van der Waals surface area contributed by atoms with Crippen molar-refractivity contribution in [1.29, 1.82) is 0 Å². The van der Waals surface area contributed by atoms with Crippen LogP contribution >= 0.6 is 0 Å². The lowest BCUT2D eigenvalue weighted by atomic mass is 9.98. The minimum absolute atomic E-state index is 0.0514. The molecule has 0 N–H and O–H groups in total. The SMILES string of the molecule is COc1ccc(OCCF)c(CN(C(C)=O)c2cccnc2Cc2cccc(C)c2C)c1. The molecule has 0 aliphatic heterocycles. The van der Waals surface area contributed by atoms with E-state index in [4.69, 9.17) is 9.47 Å². The summed E-state index contributed by atoms with van der Waals surface area (Å²) in [5.41, 5.74) is 5.88. The van der Waals surface area contributed by atoms with Gasteiger partial charge in [0.1, 0.15) is 24.8 Å². The van der Waals surface area contributed by atoms with Gasteiger partial charge >= 0.3 is 0 Å². The van der Waals surface area contributed by atoms with Crippen molar-refractivity contribution in [3.63, 3.8) is 0 Å². The molecule has 0 unspecified atom stereocenters. The van der Waals surface area contributed by atoms with Gasteiger partial charge in [-0.2, -0.15) is 0 Å². The van der Waals surface area contributed by atoms with Crippen molar-refractivity contribution in [2.75, 3.05) is 25.3 Å². The number of rotatable bonds is 9. The molecule has 1 amide bonds. The Morgan fingerprint density at radius 1 is 1.09 bits per heavy atom. The van der Waals surface area contributed by atoms with Crippen molar-refractivity contribution < 1.29 is 18.7 Å². The smallest absolute Gasteiger partial charge is 0.224 e. The third-order valence-corrected chi connectivity index (χ3v) is 5.54. The molecule has 0 fully saturated rings. The van der Waals surface area contributed by atoms with Gasteiger partial charge in [-0.3, -0.25) is 9.78 Å². The Bertz CT molecular complexity index is 1080. The van der Waals surface area contributed by atoms with Crippen LogP contribution in [0.4, 0.5) is 10.1 Å². The normalized spacial score (nSPS) is 10.7. The number of aryl methyl sites for hydroxylation is 1. The van der Waals surface area contributed by atoms with Gasteiger partial charge in [0.2, 0.25) is 5.91 Å². The molecule has 1 aromatic heterocycles. The Hall–Kier alpha value is -3.41. The van der Waals surface area contributed by atoms with E-state index < -0.39 is 6.67 Å². The zero-order valence-electron chi connectivity index (χ0n) is 19.0. The molecule has 3 rings (SSSR count). The van der Waals surface area contributed by atoms with Crippen LogP contribution in [0.15, 0.2) is 54.7 Å². The first kappa shape index (κ1) is 23.3. The van der Waals surface area contributed by atoms with E-state index in [1.807, 2.05) is 24.3 Å². The standard InChI is InChI=1S/C26H29FN2O3/c1-18-7-5-8-21(19(18)2)16-24-25(9-6-13-28-24)29(20(3)30)17-22-15-23(31-4)10-11-26(22)32-14-12-27/h5-11,13,15H,12,14,16-17H2,1-4H3. The molecular weight excluding hydrogens is 407 g/mol. The number of pyridine rings is 1. The number of hydrogen-bond acceptors (Lipinski definition) is 4. The van der Waals surface area contributed by atoms with E-state index in [9.17, 15) is 9.18 Å². The second kappa shape index (κ2) is 10.8. The monoisotopic (exact) mass is 436 g/mol. The number of alkyl halides is 1. The van der Waals surface area contributed by atoms with Crippen molar-refractivity contribution in [3.8, 4) is 11.5 Å². The Balaban J connectivity index is 1.99. The van der Waals surface area contributed by atoms with Crippen LogP contribution in [-0.2, 0) is 17.8 Å². The molecule has 3 aromatic rings. The summed E-state index contributed by atoms with van der Waals surface area (Å²) in [5, 5.41) is 0. The molecular formula is C26H29FN2O3. The highest BCUT2D eigenvalue weighted by Crippen LogP contribution is 2.30. The minimum Gasteiger partial charge on any atom is -0.497 e. The lowest BCUT2D eigenvalue weighted by Crippen LogP contribution is -2.29. The second-order valence-electron chi connectivity index (χ2n) is 7.62. The maximum atomic E-state index is 12.7.